The van der Waals surface area contributed by atoms with E-state index >= 15 is 0 Å². The van der Waals surface area contributed by atoms with Gasteiger partial charge in [0.15, 0.2) is 0 Å². The Morgan fingerprint density at radius 2 is 2.04 bits per heavy atom. The molecule has 0 radical (unpaired) electrons. The van der Waals surface area contributed by atoms with Gasteiger partial charge in [-0.25, -0.2) is 15.2 Å². The number of carbonyl (C=O) groups excluding carboxylic acids is 2. The highest BCUT2D eigenvalue weighted by Crippen LogP contribution is 2.11. The quantitative estimate of drug-likeness (QED) is 0.644. The number of amides is 1. The average molecular weight is 320 g/mol. The molecule has 1 saturated heterocycles. The first kappa shape index (κ1) is 17.3. The predicted molar refractivity (Wildman–Crippen MR) is 85.4 cm³/mol. The zero-order valence-corrected chi connectivity index (χ0v) is 13.5. The molecule has 6 nitrogen and oxygen atoms in total. The Balaban J connectivity index is 1.78. The van der Waals surface area contributed by atoms with Gasteiger partial charge in [0.05, 0.1) is 6.61 Å². The summed E-state index contributed by atoms with van der Waals surface area (Å²) in [6.45, 7) is 3.19. The zero-order chi connectivity index (χ0) is 16.5. The van der Waals surface area contributed by atoms with Crippen LogP contribution in [0.4, 0.5) is 4.79 Å². The van der Waals surface area contributed by atoms with E-state index in [4.69, 9.17) is 9.47 Å². The van der Waals surface area contributed by atoms with E-state index in [1.807, 2.05) is 37.3 Å². The van der Waals surface area contributed by atoms with Crippen LogP contribution in [0.3, 0.4) is 0 Å². The molecule has 1 aliphatic heterocycles. The van der Waals surface area contributed by atoms with Gasteiger partial charge in [0.25, 0.3) is 0 Å². The van der Waals surface area contributed by atoms with Crippen LogP contribution in [-0.4, -0.2) is 36.3 Å². The molecule has 1 amide bonds. The van der Waals surface area contributed by atoms with Crippen LogP contribution in [0.5, 0.6) is 0 Å². The van der Waals surface area contributed by atoms with Crippen LogP contribution in [0.15, 0.2) is 30.3 Å². The second-order valence-corrected chi connectivity index (χ2v) is 5.54. The van der Waals surface area contributed by atoms with E-state index in [-0.39, 0.29) is 12.6 Å². The predicted octanol–water partition coefficient (Wildman–Crippen LogP) is 2.64. The Hall–Kier alpha value is -2.08. The van der Waals surface area contributed by atoms with Crippen LogP contribution in [0.2, 0.25) is 0 Å². The van der Waals surface area contributed by atoms with E-state index in [0.29, 0.717) is 19.6 Å². The second kappa shape index (κ2) is 9.15. The third-order valence-electron chi connectivity index (χ3n) is 3.64. The molecule has 1 aromatic carbocycles. The highest BCUT2D eigenvalue weighted by Gasteiger charge is 2.29. The number of nitrogens with zero attached hydrogens (tertiary/aromatic N) is 1. The minimum absolute atomic E-state index is 0.212. The molecular weight excluding hydrogens is 296 g/mol. The minimum atomic E-state index is -0.482. The molecule has 1 atom stereocenters. The maximum atomic E-state index is 12.1. The summed E-state index contributed by atoms with van der Waals surface area (Å²) < 4.78 is 10.5. The number of carbonyl (C=O) groups is 2. The lowest BCUT2D eigenvalue weighted by Crippen LogP contribution is -2.55. The topological polar surface area (TPSA) is 67.9 Å². The number of hydrazine groups is 1. The number of esters is 1. The number of rotatable bonds is 6. The standard InChI is InChI=1S/C17H24N2O4/c1-2-3-12-22-16(20)15-10-7-11-19(18-15)17(21)23-13-14-8-5-4-6-9-14/h4-6,8-9,15,18H,2-3,7,10-13H2,1H3/t15-/m0/s1. The van der Waals surface area contributed by atoms with Crippen LogP contribution in [0.1, 0.15) is 38.2 Å². The van der Waals surface area contributed by atoms with Crippen molar-refractivity contribution < 1.29 is 19.1 Å². The van der Waals surface area contributed by atoms with E-state index in [0.717, 1.165) is 24.8 Å². The molecule has 0 spiro atoms. The maximum absolute atomic E-state index is 12.1. The van der Waals surface area contributed by atoms with Gasteiger partial charge >= 0.3 is 12.1 Å². The van der Waals surface area contributed by atoms with E-state index in [1.54, 1.807) is 0 Å². The molecule has 6 heteroatoms. The average Bonchev–Trinajstić information content (AvgIpc) is 2.61. The van der Waals surface area contributed by atoms with Crippen molar-refractivity contribution in [1.82, 2.24) is 10.4 Å². The fraction of sp³-hybridized carbons (Fsp3) is 0.529. The first-order valence-corrected chi connectivity index (χ1v) is 8.11. The van der Waals surface area contributed by atoms with Crippen molar-refractivity contribution in [3.63, 3.8) is 0 Å². The molecule has 0 aliphatic carbocycles. The van der Waals surface area contributed by atoms with Crippen LogP contribution in [0, 0.1) is 0 Å². The summed E-state index contributed by atoms with van der Waals surface area (Å²) in [6, 6.07) is 9.00. The number of unbranched alkanes of at least 4 members (excludes halogenated alkanes) is 1. The molecule has 1 heterocycles. The van der Waals surface area contributed by atoms with Crippen molar-refractivity contribution in [3.05, 3.63) is 35.9 Å². The van der Waals surface area contributed by atoms with Gasteiger partial charge < -0.3 is 9.47 Å². The molecule has 0 aromatic heterocycles. The third-order valence-corrected chi connectivity index (χ3v) is 3.64. The molecule has 23 heavy (non-hydrogen) atoms. The Morgan fingerprint density at radius 1 is 1.26 bits per heavy atom. The van der Waals surface area contributed by atoms with Crippen LogP contribution in [0.25, 0.3) is 0 Å². The second-order valence-electron chi connectivity index (χ2n) is 5.54. The van der Waals surface area contributed by atoms with Gasteiger partial charge in [-0.2, -0.15) is 0 Å². The van der Waals surface area contributed by atoms with E-state index in [9.17, 15) is 9.59 Å². The molecule has 126 valence electrons. The number of hydrogen-bond donors (Lipinski definition) is 1. The summed E-state index contributed by atoms with van der Waals surface area (Å²) in [4.78, 5) is 24.0. The summed E-state index contributed by atoms with van der Waals surface area (Å²) >= 11 is 0. The van der Waals surface area contributed by atoms with Crippen molar-refractivity contribution in [2.75, 3.05) is 13.2 Å². The zero-order valence-electron chi connectivity index (χ0n) is 13.5. The van der Waals surface area contributed by atoms with Crippen molar-refractivity contribution in [2.45, 2.75) is 45.3 Å². The highest BCUT2D eigenvalue weighted by molar-refractivity contribution is 5.77. The van der Waals surface area contributed by atoms with Gasteiger partial charge in [-0.3, -0.25) is 4.79 Å². The van der Waals surface area contributed by atoms with Crippen LogP contribution < -0.4 is 5.43 Å². The first-order valence-electron chi connectivity index (χ1n) is 8.11. The van der Waals surface area contributed by atoms with Crippen LogP contribution in [-0.2, 0) is 20.9 Å². The van der Waals surface area contributed by atoms with Crippen molar-refractivity contribution in [3.8, 4) is 0 Å². The normalized spacial score (nSPS) is 17.6. The molecule has 0 saturated carbocycles. The van der Waals surface area contributed by atoms with E-state index < -0.39 is 12.1 Å². The van der Waals surface area contributed by atoms with Crippen molar-refractivity contribution in [1.29, 1.82) is 0 Å². The lowest BCUT2D eigenvalue weighted by molar-refractivity contribution is -0.148. The molecule has 2 rings (SSSR count). The number of hydrogen-bond acceptors (Lipinski definition) is 5. The summed E-state index contributed by atoms with van der Waals surface area (Å²) in [5.74, 6) is -0.306. The molecular formula is C17H24N2O4. The smallest absolute Gasteiger partial charge is 0.424 e. The fourth-order valence-electron chi connectivity index (χ4n) is 2.30. The summed E-state index contributed by atoms with van der Waals surface area (Å²) in [5.41, 5.74) is 3.82. The Kier molecular flexibility index (Phi) is 6.87. The minimum Gasteiger partial charge on any atom is -0.464 e. The van der Waals surface area contributed by atoms with Gasteiger partial charge in [-0.05, 0) is 24.8 Å². The fourth-order valence-corrected chi connectivity index (χ4v) is 2.30. The first-order chi connectivity index (χ1) is 11.2. The molecule has 0 unspecified atom stereocenters. The Bertz CT molecular complexity index is 507. The number of benzene rings is 1. The molecule has 1 aliphatic rings. The van der Waals surface area contributed by atoms with Crippen LogP contribution >= 0.6 is 0 Å². The largest absolute Gasteiger partial charge is 0.464 e. The summed E-state index contributed by atoms with van der Waals surface area (Å²) in [5, 5.41) is 1.36. The van der Waals surface area contributed by atoms with Gasteiger partial charge in [0.2, 0.25) is 0 Å². The summed E-state index contributed by atoms with van der Waals surface area (Å²) in [6.07, 6.45) is 2.75. The lowest BCUT2D eigenvalue weighted by Gasteiger charge is -2.31. The highest BCUT2D eigenvalue weighted by atomic mass is 16.6. The number of ether oxygens (including phenoxy) is 2. The molecule has 1 fully saturated rings. The lowest BCUT2D eigenvalue weighted by atomic mass is 10.1. The van der Waals surface area contributed by atoms with Gasteiger partial charge in [0, 0.05) is 6.54 Å². The third kappa shape index (κ3) is 5.56. The maximum Gasteiger partial charge on any atom is 0.424 e. The van der Waals surface area contributed by atoms with Gasteiger partial charge in [-0.1, -0.05) is 43.7 Å². The molecule has 1 N–H and O–H groups in total. The SMILES string of the molecule is CCCCOC(=O)[C@@H]1CCCN(C(=O)OCc2ccccc2)N1. The summed E-state index contributed by atoms with van der Waals surface area (Å²) in [7, 11) is 0. The van der Waals surface area contributed by atoms with Gasteiger partial charge in [0.1, 0.15) is 12.6 Å². The Labute approximate surface area is 136 Å². The molecule has 1 aromatic rings. The van der Waals surface area contributed by atoms with E-state index in [1.165, 1.54) is 5.01 Å². The Morgan fingerprint density at radius 3 is 2.78 bits per heavy atom. The van der Waals surface area contributed by atoms with Crippen molar-refractivity contribution >= 4 is 12.1 Å². The number of nitrogens with one attached hydrogen (secondary N) is 1. The monoisotopic (exact) mass is 320 g/mol. The van der Waals surface area contributed by atoms with Crippen molar-refractivity contribution in [2.24, 2.45) is 0 Å². The van der Waals surface area contributed by atoms with E-state index in [2.05, 4.69) is 5.43 Å². The van der Waals surface area contributed by atoms with Gasteiger partial charge in [-0.15, -0.1) is 0 Å². The molecule has 0 bridgehead atoms.